The van der Waals surface area contributed by atoms with Crippen LogP contribution in [0.2, 0.25) is 5.02 Å². The molecule has 0 saturated carbocycles. The maximum Gasteiger partial charge on any atom is 0.342 e. The third-order valence-electron chi connectivity index (χ3n) is 3.40. The fourth-order valence-electron chi connectivity index (χ4n) is 2.14. The summed E-state index contributed by atoms with van der Waals surface area (Å²) < 4.78 is 20.4. The number of ether oxygens (including phenoxy) is 4. The summed E-state index contributed by atoms with van der Waals surface area (Å²) in [5.41, 5.74) is 0.560. The summed E-state index contributed by atoms with van der Waals surface area (Å²) in [5.74, 6) is 0.0190. The molecule has 0 radical (unpaired) electrons. The van der Waals surface area contributed by atoms with Crippen LogP contribution in [0.3, 0.4) is 0 Å². The maximum absolute atomic E-state index is 12.2. The molecule has 0 bridgehead atoms. The second kappa shape index (κ2) is 8.96. The summed E-state index contributed by atoms with van der Waals surface area (Å²) in [7, 11) is 4.39. The van der Waals surface area contributed by atoms with Crippen LogP contribution in [0.15, 0.2) is 36.4 Å². The second-order valence-electron chi connectivity index (χ2n) is 5.04. The van der Waals surface area contributed by atoms with E-state index in [2.05, 4.69) is 5.32 Å². The van der Waals surface area contributed by atoms with Gasteiger partial charge in [-0.2, -0.15) is 0 Å². The van der Waals surface area contributed by atoms with E-state index in [1.54, 1.807) is 24.3 Å². The number of carbonyl (C=O) groups is 2. The number of rotatable bonds is 7. The molecule has 2 rings (SSSR count). The molecule has 2 aromatic rings. The van der Waals surface area contributed by atoms with Gasteiger partial charge in [0.05, 0.1) is 27.0 Å². The third-order valence-corrected chi connectivity index (χ3v) is 3.63. The average molecular weight is 380 g/mol. The molecule has 26 heavy (non-hydrogen) atoms. The van der Waals surface area contributed by atoms with Crippen molar-refractivity contribution in [1.82, 2.24) is 0 Å². The van der Waals surface area contributed by atoms with Crippen LogP contribution in [0, 0.1) is 0 Å². The normalized spacial score (nSPS) is 10.0. The molecule has 0 spiro atoms. The van der Waals surface area contributed by atoms with E-state index in [-0.39, 0.29) is 11.3 Å². The smallest absolute Gasteiger partial charge is 0.342 e. The predicted octanol–water partition coefficient (Wildman–Crippen LogP) is 3.16. The van der Waals surface area contributed by atoms with E-state index < -0.39 is 18.5 Å². The van der Waals surface area contributed by atoms with Gasteiger partial charge in [-0.3, -0.25) is 4.79 Å². The number of hydrogen-bond acceptors (Lipinski definition) is 6. The molecular formula is C18H18ClNO6. The van der Waals surface area contributed by atoms with Crippen LogP contribution in [-0.2, 0) is 9.53 Å². The first-order valence-electron chi connectivity index (χ1n) is 7.51. The van der Waals surface area contributed by atoms with Crippen LogP contribution in [0.25, 0.3) is 0 Å². The van der Waals surface area contributed by atoms with Crippen molar-refractivity contribution < 1.29 is 28.5 Å². The standard InChI is InChI=1S/C18H18ClNO6/c1-23-12-5-6-13(16(9-12)25-3)18(22)26-10-17(21)20-14-8-11(19)4-7-15(14)24-2/h4-9H,10H2,1-3H3,(H,20,21). The monoisotopic (exact) mass is 379 g/mol. The Kier molecular flexibility index (Phi) is 6.68. The van der Waals surface area contributed by atoms with E-state index in [0.717, 1.165) is 0 Å². The highest BCUT2D eigenvalue weighted by Gasteiger charge is 2.17. The van der Waals surface area contributed by atoms with Gasteiger partial charge in [-0.15, -0.1) is 0 Å². The van der Waals surface area contributed by atoms with Crippen LogP contribution in [0.5, 0.6) is 17.2 Å². The van der Waals surface area contributed by atoms with Crippen molar-refractivity contribution in [3.05, 3.63) is 47.0 Å². The van der Waals surface area contributed by atoms with Crippen molar-refractivity contribution in [2.24, 2.45) is 0 Å². The highest BCUT2D eigenvalue weighted by atomic mass is 35.5. The van der Waals surface area contributed by atoms with E-state index in [9.17, 15) is 9.59 Å². The average Bonchev–Trinajstić information content (AvgIpc) is 2.65. The van der Waals surface area contributed by atoms with Crippen molar-refractivity contribution in [2.75, 3.05) is 33.3 Å². The van der Waals surface area contributed by atoms with Gasteiger partial charge < -0.3 is 24.3 Å². The lowest BCUT2D eigenvalue weighted by Crippen LogP contribution is -2.21. The lowest BCUT2D eigenvalue weighted by Gasteiger charge is -2.12. The van der Waals surface area contributed by atoms with E-state index in [1.165, 1.54) is 33.5 Å². The van der Waals surface area contributed by atoms with E-state index in [4.69, 9.17) is 30.5 Å². The largest absolute Gasteiger partial charge is 0.497 e. The van der Waals surface area contributed by atoms with Gasteiger partial charge in [0.2, 0.25) is 0 Å². The Morgan fingerprint density at radius 3 is 2.35 bits per heavy atom. The Bertz CT molecular complexity index is 808. The van der Waals surface area contributed by atoms with Gasteiger partial charge in [0.15, 0.2) is 6.61 Å². The van der Waals surface area contributed by atoms with Crippen molar-refractivity contribution in [3.63, 3.8) is 0 Å². The summed E-state index contributed by atoms with van der Waals surface area (Å²) >= 11 is 5.91. The number of nitrogens with one attached hydrogen (secondary N) is 1. The Hall–Kier alpha value is -2.93. The lowest BCUT2D eigenvalue weighted by molar-refractivity contribution is -0.119. The van der Waals surface area contributed by atoms with Crippen LogP contribution >= 0.6 is 11.6 Å². The summed E-state index contributed by atoms with van der Waals surface area (Å²) in [6.07, 6.45) is 0. The lowest BCUT2D eigenvalue weighted by atomic mass is 10.2. The van der Waals surface area contributed by atoms with Crippen molar-refractivity contribution in [1.29, 1.82) is 0 Å². The summed E-state index contributed by atoms with van der Waals surface area (Å²) in [6.45, 7) is -0.482. The molecule has 0 atom stereocenters. The van der Waals surface area contributed by atoms with E-state index >= 15 is 0 Å². The minimum atomic E-state index is -0.697. The molecule has 0 unspecified atom stereocenters. The number of hydrogen-bond donors (Lipinski definition) is 1. The number of carbonyl (C=O) groups excluding carboxylic acids is 2. The highest BCUT2D eigenvalue weighted by molar-refractivity contribution is 6.31. The van der Waals surface area contributed by atoms with Gasteiger partial charge in [0.1, 0.15) is 22.8 Å². The van der Waals surface area contributed by atoms with Crippen molar-refractivity contribution in [3.8, 4) is 17.2 Å². The van der Waals surface area contributed by atoms with Crippen LogP contribution in [-0.4, -0.2) is 39.8 Å². The zero-order chi connectivity index (χ0) is 19.1. The van der Waals surface area contributed by atoms with Gasteiger partial charge in [0, 0.05) is 11.1 Å². The van der Waals surface area contributed by atoms with E-state index in [0.29, 0.717) is 22.2 Å². The number of benzene rings is 2. The number of anilines is 1. The van der Waals surface area contributed by atoms with Gasteiger partial charge in [-0.25, -0.2) is 4.79 Å². The minimum Gasteiger partial charge on any atom is -0.497 e. The maximum atomic E-state index is 12.2. The zero-order valence-corrected chi connectivity index (χ0v) is 15.3. The van der Waals surface area contributed by atoms with Crippen molar-refractivity contribution in [2.45, 2.75) is 0 Å². The molecule has 0 fully saturated rings. The quantitative estimate of drug-likeness (QED) is 0.744. The zero-order valence-electron chi connectivity index (χ0n) is 14.5. The predicted molar refractivity (Wildman–Crippen MR) is 96.5 cm³/mol. The SMILES string of the molecule is COc1ccc(C(=O)OCC(=O)Nc2cc(Cl)ccc2OC)c(OC)c1. The Morgan fingerprint density at radius 1 is 0.962 bits per heavy atom. The second-order valence-corrected chi connectivity index (χ2v) is 5.47. The topological polar surface area (TPSA) is 83.1 Å². The highest BCUT2D eigenvalue weighted by Crippen LogP contribution is 2.28. The van der Waals surface area contributed by atoms with Gasteiger partial charge in [-0.1, -0.05) is 11.6 Å². The molecular weight excluding hydrogens is 362 g/mol. The van der Waals surface area contributed by atoms with Gasteiger partial charge in [0.25, 0.3) is 5.91 Å². The fraction of sp³-hybridized carbons (Fsp3) is 0.222. The Labute approximate surface area is 155 Å². The third kappa shape index (κ3) is 4.80. The molecule has 0 saturated heterocycles. The number of methoxy groups -OCH3 is 3. The van der Waals surface area contributed by atoms with Crippen molar-refractivity contribution >= 4 is 29.2 Å². The summed E-state index contributed by atoms with van der Waals surface area (Å²) in [4.78, 5) is 24.2. The first-order chi connectivity index (χ1) is 12.5. The van der Waals surface area contributed by atoms with Gasteiger partial charge >= 0.3 is 5.97 Å². The number of esters is 1. The molecule has 1 amide bonds. The first-order valence-corrected chi connectivity index (χ1v) is 7.88. The van der Waals surface area contributed by atoms with Gasteiger partial charge in [-0.05, 0) is 30.3 Å². The number of halogens is 1. The minimum absolute atomic E-state index is 0.182. The molecule has 0 aromatic heterocycles. The molecule has 0 heterocycles. The Balaban J connectivity index is 2.01. The fourth-order valence-corrected chi connectivity index (χ4v) is 2.31. The molecule has 0 aliphatic carbocycles. The summed E-state index contributed by atoms with van der Waals surface area (Å²) in [5, 5.41) is 3.01. The molecule has 2 aromatic carbocycles. The molecule has 1 N–H and O–H groups in total. The molecule has 138 valence electrons. The molecule has 0 aliphatic rings. The first kappa shape index (κ1) is 19.4. The Morgan fingerprint density at radius 2 is 1.69 bits per heavy atom. The molecule has 7 nitrogen and oxygen atoms in total. The van der Waals surface area contributed by atoms with Crippen LogP contribution in [0.1, 0.15) is 10.4 Å². The van der Waals surface area contributed by atoms with Crippen LogP contribution < -0.4 is 19.5 Å². The molecule has 0 aliphatic heterocycles. The van der Waals surface area contributed by atoms with E-state index in [1.807, 2.05) is 0 Å². The summed E-state index contributed by atoms with van der Waals surface area (Å²) in [6, 6.07) is 9.42. The van der Waals surface area contributed by atoms with Crippen LogP contribution in [0.4, 0.5) is 5.69 Å². The molecule has 8 heteroatoms. The number of amides is 1.